The van der Waals surface area contributed by atoms with E-state index in [1.54, 1.807) is 17.3 Å². The summed E-state index contributed by atoms with van der Waals surface area (Å²) in [4.78, 5) is 23.1. The zero-order valence-electron chi connectivity index (χ0n) is 15.8. The summed E-state index contributed by atoms with van der Waals surface area (Å²) < 4.78 is 0. The molecule has 0 fully saturated rings. The van der Waals surface area contributed by atoms with E-state index in [1.807, 2.05) is 61.5 Å². The zero-order chi connectivity index (χ0) is 19.8. The Labute approximate surface area is 170 Å². The first-order valence-corrected chi connectivity index (χ1v) is 9.67. The van der Waals surface area contributed by atoms with Crippen LogP contribution in [-0.4, -0.2) is 33.9 Å². The number of aromatic nitrogens is 2. The van der Waals surface area contributed by atoms with Crippen molar-refractivity contribution in [2.75, 3.05) is 18.4 Å². The molecule has 0 atom stereocenters. The summed E-state index contributed by atoms with van der Waals surface area (Å²) in [6.07, 6.45) is 3.99. The molecule has 5 nitrogen and oxygen atoms in total. The van der Waals surface area contributed by atoms with E-state index in [2.05, 4.69) is 15.3 Å². The maximum Gasteiger partial charge on any atom is 0.257 e. The standard InChI is InChI=1S/C22H23ClN4O/c1-2-27(16-18-6-4-3-5-7-18)21(28)19-14-25-22(26-15-19)24-13-12-17-8-10-20(23)11-9-17/h3-11,14-15H,2,12-13,16H2,1H3,(H,24,25,26). The van der Waals surface area contributed by atoms with Crippen molar-refractivity contribution in [2.24, 2.45) is 0 Å². The summed E-state index contributed by atoms with van der Waals surface area (Å²) in [6, 6.07) is 17.7. The lowest BCUT2D eigenvalue weighted by Crippen LogP contribution is -2.30. The van der Waals surface area contributed by atoms with Crippen LogP contribution in [0.2, 0.25) is 5.02 Å². The van der Waals surface area contributed by atoms with E-state index < -0.39 is 0 Å². The first-order chi connectivity index (χ1) is 13.7. The molecular formula is C22H23ClN4O. The van der Waals surface area contributed by atoms with Crippen LogP contribution >= 0.6 is 11.6 Å². The zero-order valence-corrected chi connectivity index (χ0v) is 16.6. The number of benzene rings is 2. The fourth-order valence-corrected chi connectivity index (χ4v) is 2.94. The highest BCUT2D eigenvalue weighted by Crippen LogP contribution is 2.11. The summed E-state index contributed by atoms with van der Waals surface area (Å²) in [7, 11) is 0. The number of hydrogen-bond acceptors (Lipinski definition) is 4. The quantitative estimate of drug-likeness (QED) is 0.613. The highest BCUT2D eigenvalue weighted by atomic mass is 35.5. The number of anilines is 1. The predicted molar refractivity (Wildman–Crippen MR) is 113 cm³/mol. The predicted octanol–water partition coefficient (Wildman–Crippen LogP) is 4.45. The fourth-order valence-electron chi connectivity index (χ4n) is 2.81. The second kappa shape index (κ2) is 9.85. The lowest BCUT2D eigenvalue weighted by Gasteiger charge is -2.20. The molecule has 1 amide bonds. The Bertz CT molecular complexity index is 883. The summed E-state index contributed by atoms with van der Waals surface area (Å²) in [6.45, 7) is 3.85. The SMILES string of the molecule is CCN(Cc1ccccc1)C(=O)c1cnc(NCCc2ccc(Cl)cc2)nc1. The van der Waals surface area contributed by atoms with Gasteiger partial charge in [0.05, 0.1) is 5.56 Å². The minimum absolute atomic E-state index is 0.0703. The van der Waals surface area contributed by atoms with Gasteiger partial charge in [0.2, 0.25) is 5.95 Å². The third-order valence-electron chi connectivity index (χ3n) is 4.39. The Balaban J connectivity index is 1.55. The molecule has 2 aromatic carbocycles. The monoisotopic (exact) mass is 394 g/mol. The van der Waals surface area contributed by atoms with Crippen molar-refractivity contribution < 1.29 is 4.79 Å². The number of halogens is 1. The van der Waals surface area contributed by atoms with Gasteiger partial charge in [-0.25, -0.2) is 9.97 Å². The Kier molecular flexibility index (Phi) is 6.98. The molecule has 6 heteroatoms. The van der Waals surface area contributed by atoms with E-state index in [-0.39, 0.29) is 5.91 Å². The van der Waals surface area contributed by atoms with Gasteiger partial charge in [-0.2, -0.15) is 0 Å². The van der Waals surface area contributed by atoms with Gasteiger partial charge >= 0.3 is 0 Å². The van der Waals surface area contributed by atoms with E-state index in [1.165, 1.54) is 5.56 Å². The molecule has 3 rings (SSSR count). The Hall–Kier alpha value is -2.92. The molecule has 3 aromatic rings. The first kappa shape index (κ1) is 19.8. The van der Waals surface area contributed by atoms with Crippen molar-refractivity contribution in [3.05, 3.63) is 88.7 Å². The number of hydrogen-bond donors (Lipinski definition) is 1. The Morgan fingerprint density at radius 2 is 1.68 bits per heavy atom. The molecule has 0 bridgehead atoms. The molecule has 0 unspecified atom stereocenters. The second-order valence-corrected chi connectivity index (χ2v) is 6.84. The van der Waals surface area contributed by atoms with Crippen molar-refractivity contribution in [1.82, 2.24) is 14.9 Å². The third kappa shape index (κ3) is 5.54. The van der Waals surface area contributed by atoms with Gasteiger partial charge in [-0.1, -0.05) is 54.1 Å². The lowest BCUT2D eigenvalue weighted by atomic mass is 10.1. The molecule has 0 aliphatic heterocycles. The molecule has 1 heterocycles. The molecule has 1 N–H and O–H groups in total. The molecule has 1 aromatic heterocycles. The minimum atomic E-state index is -0.0703. The van der Waals surface area contributed by atoms with E-state index in [9.17, 15) is 4.79 Å². The smallest absolute Gasteiger partial charge is 0.257 e. The van der Waals surface area contributed by atoms with E-state index in [4.69, 9.17) is 11.6 Å². The molecule has 0 aliphatic rings. The summed E-state index contributed by atoms with van der Waals surface area (Å²) in [5, 5.41) is 3.91. The van der Waals surface area contributed by atoms with Crippen LogP contribution in [0.25, 0.3) is 0 Å². The number of nitrogens with zero attached hydrogens (tertiary/aromatic N) is 3. The number of carbonyl (C=O) groups is 1. The average molecular weight is 395 g/mol. The number of carbonyl (C=O) groups excluding carboxylic acids is 1. The molecule has 28 heavy (non-hydrogen) atoms. The van der Waals surface area contributed by atoms with Crippen LogP contribution in [0.15, 0.2) is 67.0 Å². The van der Waals surface area contributed by atoms with E-state index in [0.717, 1.165) is 17.0 Å². The van der Waals surface area contributed by atoms with Crippen LogP contribution in [0, 0.1) is 0 Å². The van der Waals surface area contributed by atoms with E-state index >= 15 is 0 Å². The summed E-state index contributed by atoms with van der Waals surface area (Å²) in [5.41, 5.74) is 2.77. The van der Waals surface area contributed by atoms with Gasteiger partial charge < -0.3 is 10.2 Å². The van der Waals surface area contributed by atoms with Gasteiger partial charge in [0.1, 0.15) is 0 Å². The number of rotatable bonds is 8. The van der Waals surface area contributed by atoms with Crippen LogP contribution in [0.5, 0.6) is 0 Å². The number of amides is 1. The van der Waals surface area contributed by atoms with Crippen LogP contribution in [-0.2, 0) is 13.0 Å². The van der Waals surface area contributed by atoms with E-state index in [0.29, 0.717) is 31.1 Å². The summed E-state index contributed by atoms with van der Waals surface area (Å²) in [5.74, 6) is 0.440. The van der Waals surface area contributed by atoms with Crippen molar-refractivity contribution in [3.63, 3.8) is 0 Å². The van der Waals surface area contributed by atoms with Gasteiger partial charge in [0.25, 0.3) is 5.91 Å². The van der Waals surface area contributed by atoms with Crippen LogP contribution in [0.4, 0.5) is 5.95 Å². The molecular weight excluding hydrogens is 372 g/mol. The van der Waals surface area contributed by atoms with Gasteiger partial charge in [0, 0.05) is 37.1 Å². The lowest BCUT2D eigenvalue weighted by molar-refractivity contribution is 0.0751. The first-order valence-electron chi connectivity index (χ1n) is 9.29. The molecule has 0 radical (unpaired) electrons. The summed E-state index contributed by atoms with van der Waals surface area (Å²) >= 11 is 5.89. The van der Waals surface area contributed by atoms with Gasteiger partial charge in [-0.3, -0.25) is 4.79 Å². The molecule has 0 spiro atoms. The van der Waals surface area contributed by atoms with Gasteiger partial charge in [-0.05, 0) is 36.6 Å². The topological polar surface area (TPSA) is 58.1 Å². The Morgan fingerprint density at radius 1 is 1.00 bits per heavy atom. The molecule has 0 saturated carbocycles. The molecule has 0 aliphatic carbocycles. The second-order valence-electron chi connectivity index (χ2n) is 6.40. The van der Waals surface area contributed by atoms with Crippen molar-refractivity contribution in [2.45, 2.75) is 19.9 Å². The number of nitrogens with one attached hydrogen (secondary N) is 1. The van der Waals surface area contributed by atoms with Crippen LogP contribution in [0.1, 0.15) is 28.4 Å². The average Bonchev–Trinajstić information content (AvgIpc) is 2.74. The van der Waals surface area contributed by atoms with Crippen molar-refractivity contribution in [3.8, 4) is 0 Å². The highest BCUT2D eigenvalue weighted by Gasteiger charge is 2.15. The largest absolute Gasteiger partial charge is 0.354 e. The van der Waals surface area contributed by atoms with Crippen LogP contribution < -0.4 is 5.32 Å². The fraction of sp³-hybridized carbons (Fsp3) is 0.227. The molecule has 144 valence electrons. The minimum Gasteiger partial charge on any atom is -0.354 e. The Morgan fingerprint density at radius 3 is 2.32 bits per heavy atom. The van der Waals surface area contributed by atoms with Gasteiger partial charge in [0.15, 0.2) is 0 Å². The highest BCUT2D eigenvalue weighted by molar-refractivity contribution is 6.30. The van der Waals surface area contributed by atoms with Crippen molar-refractivity contribution in [1.29, 1.82) is 0 Å². The van der Waals surface area contributed by atoms with Crippen LogP contribution in [0.3, 0.4) is 0 Å². The third-order valence-corrected chi connectivity index (χ3v) is 4.65. The maximum atomic E-state index is 12.7. The van der Waals surface area contributed by atoms with Crippen molar-refractivity contribution >= 4 is 23.5 Å². The normalized spacial score (nSPS) is 10.5. The van der Waals surface area contributed by atoms with Gasteiger partial charge in [-0.15, -0.1) is 0 Å². The maximum absolute atomic E-state index is 12.7. The molecule has 0 saturated heterocycles.